The van der Waals surface area contributed by atoms with Gasteiger partial charge in [-0.1, -0.05) is 48.0 Å². The summed E-state index contributed by atoms with van der Waals surface area (Å²) in [6.45, 7) is 2.04. The zero-order chi connectivity index (χ0) is 23.1. The number of halogens is 1. The lowest BCUT2D eigenvalue weighted by Crippen LogP contribution is -2.07. The number of ketones is 1. The number of esters is 1. The number of hydrogen-bond acceptors (Lipinski definition) is 5. The van der Waals surface area contributed by atoms with E-state index in [1.54, 1.807) is 49.4 Å². The first-order valence-electron chi connectivity index (χ1n) is 9.99. The van der Waals surface area contributed by atoms with Crippen molar-refractivity contribution in [2.45, 2.75) is 6.92 Å². The molecule has 0 saturated heterocycles. The van der Waals surface area contributed by atoms with Gasteiger partial charge in [-0.25, -0.2) is 4.79 Å². The first-order chi connectivity index (χ1) is 15.5. The van der Waals surface area contributed by atoms with Crippen LogP contribution in [-0.2, 0) is 9.53 Å². The minimum Gasteiger partial charge on any atom is -0.493 e. The molecule has 0 aliphatic rings. The summed E-state index contributed by atoms with van der Waals surface area (Å²) in [7, 11) is 3.01. The van der Waals surface area contributed by atoms with E-state index < -0.39 is 5.97 Å². The molecule has 164 valence electrons. The average molecular weight is 451 g/mol. The number of hydrogen-bond donors (Lipinski definition) is 0. The summed E-state index contributed by atoms with van der Waals surface area (Å²) >= 11 is 6.26. The Morgan fingerprint density at radius 3 is 2.41 bits per heavy atom. The van der Waals surface area contributed by atoms with Gasteiger partial charge in [0.1, 0.15) is 0 Å². The first-order valence-corrected chi connectivity index (χ1v) is 10.4. The van der Waals surface area contributed by atoms with E-state index in [1.165, 1.54) is 20.3 Å². The molecule has 0 spiro atoms. The smallest absolute Gasteiger partial charge is 0.330 e. The quantitative estimate of drug-likeness (QED) is 0.245. The van der Waals surface area contributed by atoms with E-state index in [0.717, 1.165) is 11.1 Å². The lowest BCUT2D eigenvalue weighted by atomic mass is 9.91. The van der Waals surface area contributed by atoms with Crippen molar-refractivity contribution < 1.29 is 23.8 Å². The van der Waals surface area contributed by atoms with Gasteiger partial charge in [0.2, 0.25) is 0 Å². The molecule has 0 aliphatic heterocycles. The predicted octanol–water partition coefficient (Wildman–Crippen LogP) is 5.83. The summed E-state index contributed by atoms with van der Waals surface area (Å²) in [6, 6.07) is 17.8. The molecule has 0 fully saturated rings. The fraction of sp³-hybridized carbons (Fsp3) is 0.154. The molecule has 0 N–H and O–H groups in total. The Hall–Kier alpha value is -3.57. The Morgan fingerprint density at radius 2 is 1.69 bits per heavy atom. The minimum atomic E-state index is -0.434. The van der Waals surface area contributed by atoms with Crippen LogP contribution in [0.25, 0.3) is 17.2 Å². The zero-order valence-electron chi connectivity index (χ0n) is 18.1. The maximum Gasteiger partial charge on any atom is 0.330 e. The van der Waals surface area contributed by atoms with E-state index in [2.05, 4.69) is 0 Å². The molecular formula is C26H23ClO5. The predicted molar refractivity (Wildman–Crippen MR) is 126 cm³/mol. The van der Waals surface area contributed by atoms with Crippen LogP contribution < -0.4 is 9.47 Å². The molecule has 6 heteroatoms. The molecule has 3 aromatic rings. The van der Waals surface area contributed by atoms with E-state index >= 15 is 0 Å². The number of carbonyl (C=O) groups is 2. The van der Waals surface area contributed by atoms with Gasteiger partial charge in [0.05, 0.1) is 26.4 Å². The molecule has 32 heavy (non-hydrogen) atoms. The number of para-hydroxylation sites is 1. The van der Waals surface area contributed by atoms with Gasteiger partial charge in [0.25, 0.3) is 0 Å². The molecule has 0 bridgehead atoms. The van der Waals surface area contributed by atoms with Crippen LogP contribution >= 0.6 is 11.6 Å². The van der Waals surface area contributed by atoms with Gasteiger partial charge in [-0.3, -0.25) is 4.79 Å². The van der Waals surface area contributed by atoms with Gasteiger partial charge >= 0.3 is 5.97 Å². The van der Waals surface area contributed by atoms with Gasteiger partial charge in [0.15, 0.2) is 17.3 Å². The Morgan fingerprint density at radius 1 is 0.906 bits per heavy atom. The van der Waals surface area contributed by atoms with E-state index in [9.17, 15) is 9.59 Å². The van der Waals surface area contributed by atoms with Crippen molar-refractivity contribution in [1.29, 1.82) is 0 Å². The topological polar surface area (TPSA) is 61.8 Å². The van der Waals surface area contributed by atoms with Crippen molar-refractivity contribution in [1.82, 2.24) is 0 Å². The fourth-order valence-corrected chi connectivity index (χ4v) is 3.56. The summed E-state index contributed by atoms with van der Waals surface area (Å²) in [4.78, 5) is 25.4. The van der Waals surface area contributed by atoms with Crippen LogP contribution in [0.3, 0.4) is 0 Å². The highest BCUT2D eigenvalue weighted by molar-refractivity contribution is 6.31. The van der Waals surface area contributed by atoms with Crippen molar-refractivity contribution in [3.63, 3.8) is 0 Å². The lowest BCUT2D eigenvalue weighted by molar-refractivity contribution is -0.137. The molecule has 3 aromatic carbocycles. The standard InChI is InChI=1S/C26H23ClO5/c1-4-32-24(28)15-12-17-8-5-6-9-19(17)20-14-13-18(27)16-22(20)25(29)21-10-7-11-23(30-2)26(21)31-3/h5-16H,4H2,1-3H3/b15-12+. The largest absolute Gasteiger partial charge is 0.493 e. The number of carbonyl (C=O) groups excluding carboxylic acids is 2. The van der Waals surface area contributed by atoms with Gasteiger partial charge in [-0.15, -0.1) is 0 Å². The van der Waals surface area contributed by atoms with Gasteiger partial charge in [0, 0.05) is 16.7 Å². The normalized spacial score (nSPS) is 10.8. The first kappa shape index (κ1) is 23.1. The Balaban J connectivity index is 2.14. The maximum atomic E-state index is 13.6. The molecule has 0 amide bonds. The van der Waals surface area contributed by atoms with Crippen molar-refractivity contribution >= 4 is 29.4 Å². The maximum absolute atomic E-state index is 13.6. The summed E-state index contributed by atoms with van der Waals surface area (Å²) in [5.74, 6) is 0.111. The van der Waals surface area contributed by atoms with Crippen LogP contribution in [0.4, 0.5) is 0 Å². The van der Waals surface area contributed by atoms with E-state index in [4.69, 9.17) is 25.8 Å². The second-order valence-electron chi connectivity index (χ2n) is 6.73. The van der Waals surface area contributed by atoms with Gasteiger partial charge in [-0.05, 0) is 54.0 Å². The number of ether oxygens (including phenoxy) is 3. The van der Waals surface area contributed by atoms with Crippen LogP contribution in [0.15, 0.2) is 66.7 Å². The van der Waals surface area contributed by atoms with E-state index in [1.807, 2.05) is 24.3 Å². The SMILES string of the molecule is CCOC(=O)/C=C/c1ccccc1-c1ccc(Cl)cc1C(=O)c1cccc(OC)c1OC. The van der Waals surface area contributed by atoms with E-state index in [0.29, 0.717) is 39.8 Å². The monoisotopic (exact) mass is 450 g/mol. The minimum absolute atomic E-state index is 0.262. The van der Waals surface area contributed by atoms with Gasteiger partial charge in [-0.2, -0.15) is 0 Å². The average Bonchev–Trinajstić information content (AvgIpc) is 2.82. The highest BCUT2D eigenvalue weighted by Gasteiger charge is 2.22. The molecule has 0 unspecified atom stereocenters. The summed E-state index contributed by atoms with van der Waals surface area (Å²) < 4.78 is 15.8. The lowest BCUT2D eigenvalue weighted by Gasteiger charge is -2.15. The third-order valence-electron chi connectivity index (χ3n) is 4.81. The van der Waals surface area contributed by atoms with Crippen LogP contribution in [0.5, 0.6) is 11.5 Å². The molecule has 0 radical (unpaired) electrons. The highest BCUT2D eigenvalue weighted by Crippen LogP contribution is 2.36. The number of methoxy groups -OCH3 is 2. The Labute approximate surface area is 192 Å². The van der Waals surface area contributed by atoms with Crippen molar-refractivity contribution in [3.05, 3.63) is 88.5 Å². The molecule has 0 atom stereocenters. The molecule has 0 aromatic heterocycles. The van der Waals surface area contributed by atoms with Crippen molar-refractivity contribution in [2.24, 2.45) is 0 Å². The summed E-state index contributed by atoms with van der Waals surface area (Å²) in [5, 5.41) is 0.429. The van der Waals surface area contributed by atoms with E-state index in [-0.39, 0.29) is 5.78 Å². The highest BCUT2D eigenvalue weighted by atomic mass is 35.5. The van der Waals surface area contributed by atoms with Crippen LogP contribution in [0.1, 0.15) is 28.4 Å². The van der Waals surface area contributed by atoms with Crippen LogP contribution in [0.2, 0.25) is 5.02 Å². The summed E-state index contributed by atoms with van der Waals surface area (Å²) in [5.41, 5.74) is 2.97. The van der Waals surface area contributed by atoms with Crippen molar-refractivity contribution in [2.75, 3.05) is 20.8 Å². The Bertz CT molecular complexity index is 1170. The van der Waals surface area contributed by atoms with Gasteiger partial charge < -0.3 is 14.2 Å². The molecule has 3 rings (SSSR count). The molecule has 5 nitrogen and oxygen atoms in total. The fourth-order valence-electron chi connectivity index (χ4n) is 3.39. The molecular weight excluding hydrogens is 428 g/mol. The Kier molecular flexibility index (Phi) is 7.68. The molecule has 0 heterocycles. The second kappa shape index (κ2) is 10.6. The van der Waals surface area contributed by atoms with Crippen LogP contribution in [-0.4, -0.2) is 32.6 Å². The third-order valence-corrected chi connectivity index (χ3v) is 5.05. The molecule has 0 aliphatic carbocycles. The number of benzene rings is 3. The summed E-state index contributed by atoms with van der Waals surface area (Å²) in [6.07, 6.45) is 3.03. The molecule has 0 saturated carbocycles. The third kappa shape index (κ3) is 5.01. The number of rotatable bonds is 8. The second-order valence-corrected chi connectivity index (χ2v) is 7.17. The van der Waals surface area contributed by atoms with Crippen molar-refractivity contribution in [3.8, 4) is 22.6 Å². The zero-order valence-corrected chi connectivity index (χ0v) is 18.8. The van der Waals surface area contributed by atoms with Crippen LogP contribution in [0, 0.1) is 0 Å².